The number of aryl methyl sites for hydroxylation is 1. The van der Waals surface area contributed by atoms with E-state index in [1.54, 1.807) is 13.2 Å². The highest BCUT2D eigenvalue weighted by atomic mass is 16.5. The fraction of sp³-hybridized carbons (Fsp3) is 0.565. The van der Waals surface area contributed by atoms with Crippen LogP contribution in [0.5, 0.6) is 5.75 Å². The molecule has 6 nitrogen and oxygen atoms in total. The molecule has 1 aromatic heterocycles. The van der Waals surface area contributed by atoms with Gasteiger partial charge in [0.15, 0.2) is 0 Å². The SMILES string of the molecule is COc1ccc2c(C)c(CCC(=O)N3CC[C@]4(O)CCCC[C@H]4C3)c(=O)oc2c1. The Labute approximate surface area is 170 Å². The second-order valence-electron chi connectivity index (χ2n) is 8.49. The van der Waals surface area contributed by atoms with Crippen LogP contribution in [0.4, 0.5) is 0 Å². The zero-order chi connectivity index (χ0) is 20.6. The molecule has 2 aliphatic rings. The first-order valence-corrected chi connectivity index (χ1v) is 10.5. The summed E-state index contributed by atoms with van der Waals surface area (Å²) in [5.41, 5.74) is 0.923. The van der Waals surface area contributed by atoms with Gasteiger partial charge in [0.05, 0.1) is 12.7 Å². The number of amides is 1. The molecule has 1 amide bonds. The Balaban J connectivity index is 1.47. The number of hydrogen-bond donors (Lipinski definition) is 1. The number of likely N-dealkylation sites (tertiary alicyclic amines) is 1. The molecule has 0 unspecified atom stereocenters. The first kappa shape index (κ1) is 20.0. The van der Waals surface area contributed by atoms with Gasteiger partial charge in [-0.25, -0.2) is 4.79 Å². The molecule has 2 heterocycles. The summed E-state index contributed by atoms with van der Waals surface area (Å²) < 4.78 is 10.7. The number of piperidine rings is 1. The third kappa shape index (κ3) is 3.78. The molecule has 1 N–H and O–H groups in total. The van der Waals surface area contributed by atoms with Crippen LogP contribution in [0.2, 0.25) is 0 Å². The van der Waals surface area contributed by atoms with Crippen molar-refractivity contribution < 1.29 is 19.1 Å². The molecule has 29 heavy (non-hydrogen) atoms. The van der Waals surface area contributed by atoms with E-state index in [4.69, 9.17) is 9.15 Å². The molecule has 2 atom stereocenters. The number of benzene rings is 1. The van der Waals surface area contributed by atoms with Crippen LogP contribution in [0.15, 0.2) is 27.4 Å². The predicted octanol–water partition coefficient (Wildman–Crippen LogP) is 3.20. The van der Waals surface area contributed by atoms with Crippen molar-refractivity contribution in [2.24, 2.45) is 5.92 Å². The number of aliphatic hydroxyl groups is 1. The van der Waals surface area contributed by atoms with Gasteiger partial charge in [0.25, 0.3) is 0 Å². The second kappa shape index (κ2) is 7.82. The van der Waals surface area contributed by atoms with Crippen molar-refractivity contribution >= 4 is 16.9 Å². The van der Waals surface area contributed by atoms with Crippen LogP contribution in [0.3, 0.4) is 0 Å². The molecule has 156 valence electrons. The van der Waals surface area contributed by atoms with Gasteiger partial charge >= 0.3 is 5.63 Å². The van der Waals surface area contributed by atoms with Gasteiger partial charge < -0.3 is 19.2 Å². The first-order chi connectivity index (χ1) is 13.9. The zero-order valence-corrected chi connectivity index (χ0v) is 17.2. The maximum atomic E-state index is 12.8. The molecule has 1 aliphatic carbocycles. The smallest absolute Gasteiger partial charge is 0.339 e. The summed E-state index contributed by atoms with van der Waals surface area (Å²) >= 11 is 0. The molecule has 0 bridgehead atoms. The molecular weight excluding hydrogens is 370 g/mol. The Kier molecular flexibility index (Phi) is 5.38. The molecule has 0 spiro atoms. The zero-order valence-electron chi connectivity index (χ0n) is 17.2. The van der Waals surface area contributed by atoms with Crippen molar-refractivity contribution in [1.29, 1.82) is 0 Å². The van der Waals surface area contributed by atoms with E-state index < -0.39 is 11.2 Å². The van der Waals surface area contributed by atoms with Crippen LogP contribution in [0, 0.1) is 12.8 Å². The summed E-state index contributed by atoms with van der Waals surface area (Å²) in [4.78, 5) is 27.2. The first-order valence-electron chi connectivity index (χ1n) is 10.5. The minimum atomic E-state index is -0.591. The molecule has 4 rings (SSSR count). The van der Waals surface area contributed by atoms with Crippen molar-refractivity contribution in [2.75, 3.05) is 20.2 Å². The lowest BCUT2D eigenvalue weighted by atomic mass is 9.71. The Hall–Kier alpha value is -2.34. The van der Waals surface area contributed by atoms with Gasteiger partial charge in [-0.1, -0.05) is 12.8 Å². The van der Waals surface area contributed by atoms with Gasteiger partial charge in [0, 0.05) is 42.4 Å². The minimum absolute atomic E-state index is 0.0475. The van der Waals surface area contributed by atoms with Gasteiger partial charge in [0.2, 0.25) is 5.91 Å². The fourth-order valence-electron chi connectivity index (χ4n) is 4.98. The summed E-state index contributed by atoms with van der Waals surface area (Å²) in [6.07, 6.45) is 5.32. The average molecular weight is 399 g/mol. The van der Waals surface area contributed by atoms with E-state index >= 15 is 0 Å². The standard InChI is InChI=1S/C23H29NO5/c1-15-18-7-6-17(28-2)13-20(18)29-22(26)19(15)8-9-21(25)24-12-11-23(27)10-4-3-5-16(23)14-24/h6-7,13,16,27H,3-5,8-12,14H2,1-2H3/t16-,23+/m0/s1. The van der Waals surface area contributed by atoms with Crippen LogP contribution in [-0.4, -0.2) is 41.7 Å². The third-order valence-corrected chi connectivity index (χ3v) is 6.86. The highest BCUT2D eigenvalue weighted by Gasteiger charge is 2.43. The predicted molar refractivity (Wildman–Crippen MR) is 110 cm³/mol. The molecule has 1 aromatic carbocycles. The van der Waals surface area contributed by atoms with Crippen molar-refractivity contribution in [3.05, 3.63) is 39.7 Å². The molecular formula is C23H29NO5. The number of hydrogen-bond acceptors (Lipinski definition) is 5. The van der Waals surface area contributed by atoms with Crippen LogP contribution >= 0.6 is 0 Å². The number of carbonyl (C=O) groups excluding carboxylic acids is 1. The monoisotopic (exact) mass is 399 g/mol. The van der Waals surface area contributed by atoms with Crippen molar-refractivity contribution in [3.63, 3.8) is 0 Å². The van der Waals surface area contributed by atoms with E-state index in [0.717, 1.165) is 36.6 Å². The topological polar surface area (TPSA) is 80.0 Å². The third-order valence-electron chi connectivity index (χ3n) is 6.86. The summed E-state index contributed by atoms with van der Waals surface area (Å²) in [6.45, 7) is 3.12. The molecule has 1 saturated carbocycles. The van der Waals surface area contributed by atoms with Crippen LogP contribution in [0.1, 0.15) is 49.7 Å². The van der Waals surface area contributed by atoms with E-state index in [1.807, 2.05) is 24.0 Å². The highest BCUT2D eigenvalue weighted by molar-refractivity contribution is 5.82. The lowest BCUT2D eigenvalue weighted by Gasteiger charge is -2.47. The van der Waals surface area contributed by atoms with Crippen LogP contribution in [0.25, 0.3) is 11.0 Å². The lowest BCUT2D eigenvalue weighted by molar-refractivity contribution is -0.143. The Morgan fingerprint density at radius 1 is 1.34 bits per heavy atom. The minimum Gasteiger partial charge on any atom is -0.497 e. The number of rotatable bonds is 4. The number of fused-ring (bicyclic) bond motifs is 2. The summed E-state index contributed by atoms with van der Waals surface area (Å²) in [5.74, 6) is 0.860. The highest BCUT2D eigenvalue weighted by Crippen LogP contribution is 2.39. The van der Waals surface area contributed by atoms with Gasteiger partial charge in [0.1, 0.15) is 11.3 Å². The second-order valence-corrected chi connectivity index (χ2v) is 8.49. The molecule has 1 aliphatic heterocycles. The van der Waals surface area contributed by atoms with Gasteiger partial charge in [-0.05, 0) is 50.3 Å². The number of methoxy groups -OCH3 is 1. The van der Waals surface area contributed by atoms with E-state index in [1.165, 1.54) is 0 Å². The van der Waals surface area contributed by atoms with Crippen molar-refractivity contribution in [2.45, 2.75) is 57.5 Å². The molecule has 0 radical (unpaired) electrons. The summed E-state index contributed by atoms with van der Waals surface area (Å²) in [5, 5.41) is 11.7. The average Bonchev–Trinajstić information content (AvgIpc) is 2.72. The van der Waals surface area contributed by atoms with E-state index in [-0.39, 0.29) is 18.2 Å². The summed E-state index contributed by atoms with van der Waals surface area (Å²) in [6, 6.07) is 5.42. The molecule has 2 fully saturated rings. The number of ether oxygens (including phenoxy) is 1. The van der Waals surface area contributed by atoms with Crippen molar-refractivity contribution in [1.82, 2.24) is 4.90 Å². The molecule has 2 aromatic rings. The Morgan fingerprint density at radius 2 is 2.17 bits per heavy atom. The molecule has 6 heteroatoms. The normalized spacial score (nSPS) is 24.4. The van der Waals surface area contributed by atoms with Crippen molar-refractivity contribution in [3.8, 4) is 5.75 Å². The maximum absolute atomic E-state index is 12.8. The molecule has 1 saturated heterocycles. The van der Waals surface area contributed by atoms with Gasteiger partial charge in [-0.2, -0.15) is 0 Å². The van der Waals surface area contributed by atoms with Crippen LogP contribution < -0.4 is 10.4 Å². The van der Waals surface area contributed by atoms with Crippen LogP contribution in [-0.2, 0) is 11.2 Å². The Morgan fingerprint density at radius 3 is 2.97 bits per heavy atom. The van der Waals surface area contributed by atoms with E-state index in [2.05, 4.69) is 0 Å². The Bertz CT molecular complexity index is 981. The maximum Gasteiger partial charge on any atom is 0.339 e. The van der Waals surface area contributed by atoms with Gasteiger partial charge in [-0.15, -0.1) is 0 Å². The lowest BCUT2D eigenvalue weighted by Crippen LogP contribution is -2.54. The van der Waals surface area contributed by atoms with E-state index in [0.29, 0.717) is 42.8 Å². The van der Waals surface area contributed by atoms with Gasteiger partial charge in [-0.3, -0.25) is 4.79 Å². The fourth-order valence-corrected chi connectivity index (χ4v) is 4.98. The number of carbonyl (C=O) groups is 1. The largest absolute Gasteiger partial charge is 0.497 e. The quantitative estimate of drug-likeness (QED) is 0.799. The van der Waals surface area contributed by atoms with E-state index in [9.17, 15) is 14.7 Å². The summed E-state index contributed by atoms with van der Waals surface area (Å²) in [7, 11) is 1.57. The number of nitrogens with zero attached hydrogens (tertiary/aromatic N) is 1.